The second-order valence-electron chi connectivity index (χ2n) is 7.31. The van der Waals surface area contributed by atoms with Gasteiger partial charge in [0.2, 0.25) is 0 Å². The molecule has 1 aliphatic rings. The van der Waals surface area contributed by atoms with E-state index in [2.05, 4.69) is 0 Å². The van der Waals surface area contributed by atoms with E-state index in [1.54, 1.807) is 0 Å². The van der Waals surface area contributed by atoms with E-state index < -0.39 is 23.9 Å². The zero-order chi connectivity index (χ0) is 20.0. The summed E-state index contributed by atoms with van der Waals surface area (Å²) in [5.74, 6) is -0.260. The van der Waals surface area contributed by atoms with Gasteiger partial charge in [0.25, 0.3) is 0 Å². The average Bonchev–Trinajstić information content (AvgIpc) is 2.65. The van der Waals surface area contributed by atoms with E-state index in [9.17, 15) is 9.59 Å². The number of carbonyl (C=O) groups is 2. The van der Waals surface area contributed by atoms with Crippen molar-refractivity contribution in [3.05, 3.63) is 71.8 Å². The molecular weight excluding hydrogens is 356 g/mol. The minimum absolute atomic E-state index is 0.260. The van der Waals surface area contributed by atoms with Crippen LogP contribution in [0.3, 0.4) is 0 Å². The van der Waals surface area contributed by atoms with Gasteiger partial charge < -0.3 is 20.9 Å². The Morgan fingerprint density at radius 3 is 2.11 bits per heavy atom. The maximum Gasteiger partial charge on any atom is 0.405 e. The number of nitrogens with two attached hydrogens (primary N) is 2. The van der Waals surface area contributed by atoms with Crippen LogP contribution in [-0.2, 0) is 22.3 Å². The third-order valence-corrected chi connectivity index (χ3v) is 5.43. The Morgan fingerprint density at radius 1 is 0.929 bits per heavy atom. The van der Waals surface area contributed by atoms with Crippen molar-refractivity contribution < 1.29 is 19.1 Å². The molecule has 2 aromatic rings. The number of rotatable bonds is 6. The summed E-state index contributed by atoms with van der Waals surface area (Å²) in [6.07, 6.45) is 1.02. The van der Waals surface area contributed by atoms with Crippen molar-refractivity contribution >= 4 is 12.2 Å². The number of amides is 2. The van der Waals surface area contributed by atoms with Crippen LogP contribution in [0, 0.1) is 5.92 Å². The summed E-state index contributed by atoms with van der Waals surface area (Å²) in [5.41, 5.74) is 12.0. The van der Waals surface area contributed by atoms with Crippen molar-refractivity contribution in [3.63, 3.8) is 0 Å². The van der Waals surface area contributed by atoms with Gasteiger partial charge in [-0.05, 0) is 36.8 Å². The van der Waals surface area contributed by atoms with E-state index in [0.717, 1.165) is 17.5 Å². The first kappa shape index (κ1) is 19.7. The van der Waals surface area contributed by atoms with Crippen LogP contribution in [-0.4, -0.2) is 23.9 Å². The molecular formula is C22H26N2O4. The average molecular weight is 382 g/mol. The molecule has 1 fully saturated rings. The van der Waals surface area contributed by atoms with Crippen molar-refractivity contribution in [2.24, 2.45) is 17.4 Å². The lowest BCUT2D eigenvalue weighted by Crippen LogP contribution is -2.55. The lowest BCUT2D eigenvalue weighted by Gasteiger charge is -2.46. The van der Waals surface area contributed by atoms with E-state index in [1.807, 2.05) is 60.7 Å². The molecule has 1 saturated carbocycles. The maximum absolute atomic E-state index is 11.9. The second-order valence-corrected chi connectivity index (χ2v) is 7.31. The highest BCUT2D eigenvalue weighted by atomic mass is 16.6. The third-order valence-electron chi connectivity index (χ3n) is 5.43. The Kier molecular flexibility index (Phi) is 6.19. The van der Waals surface area contributed by atoms with Gasteiger partial charge in [0.15, 0.2) is 0 Å². The van der Waals surface area contributed by atoms with Gasteiger partial charge in [0.05, 0.1) is 0 Å². The molecule has 0 saturated heterocycles. The number of hydrogen-bond acceptors (Lipinski definition) is 4. The van der Waals surface area contributed by atoms with Crippen molar-refractivity contribution in [3.8, 4) is 0 Å². The molecule has 2 aromatic carbocycles. The molecule has 6 nitrogen and oxygen atoms in total. The first-order valence-corrected chi connectivity index (χ1v) is 9.51. The molecule has 1 unspecified atom stereocenters. The fourth-order valence-corrected chi connectivity index (χ4v) is 4.33. The van der Waals surface area contributed by atoms with Crippen molar-refractivity contribution in [1.82, 2.24) is 0 Å². The smallest absolute Gasteiger partial charge is 0.405 e. The third kappa shape index (κ3) is 4.82. The van der Waals surface area contributed by atoms with Crippen LogP contribution in [0.15, 0.2) is 60.7 Å². The SMILES string of the molecule is NC(=O)O[C@@H]1CCC[C@@](Cc2ccccc2)(OC(N)=O)C1Cc1ccccc1. The van der Waals surface area contributed by atoms with Gasteiger partial charge in [-0.1, -0.05) is 60.7 Å². The molecule has 3 atom stereocenters. The van der Waals surface area contributed by atoms with Crippen LogP contribution < -0.4 is 11.5 Å². The summed E-state index contributed by atoms with van der Waals surface area (Å²) in [6, 6.07) is 19.7. The Balaban J connectivity index is 2.00. The van der Waals surface area contributed by atoms with Gasteiger partial charge in [-0.3, -0.25) is 0 Å². The Morgan fingerprint density at radius 2 is 1.54 bits per heavy atom. The minimum atomic E-state index is -0.874. The van der Waals surface area contributed by atoms with Gasteiger partial charge in [0, 0.05) is 12.3 Å². The number of primary amides is 2. The summed E-state index contributed by atoms with van der Waals surface area (Å²) in [4.78, 5) is 23.4. The molecule has 0 bridgehead atoms. The summed E-state index contributed by atoms with van der Waals surface area (Å²) in [5, 5.41) is 0. The summed E-state index contributed by atoms with van der Waals surface area (Å²) >= 11 is 0. The fourth-order valence-electron chi connectivity index (χ4n) is 4.33. The predicted molar refractivity (Wildman–Crippen MR) is 105 cm³/mol. The van der Waals surface area contributed by atoms with Crippen LogP contribution >= 0.6 is 0 Å². The number of ether oxygens (including phenoxy) is 2. The van der Waals surface area contributed by atoms with Crippen LogP contribution in [0.5, 0.6) is 0 Å². The summed E-state index contributed by atoms with van der Waals surface area (Å²) in [6.45, 7) is 0. The van der Waals surface area contributed by atoms with Gasteiger partial charge in [-0.25, -0.2) is 9.59 Å². The van der Waals surface area contributed by atoms with Gasteiger partial charge in [-0.15, -0.1) is 0 Å². The van der Waals surface area contributed by atoms with Crippen LogP contribution in [0.4, 0.5) is 9.59 Å². The van der Waals surface area contributed by atoms with Crippen molar-refractivity contribution in [1.29, 1.82) is 0 Å². The molecule has 0 aromatic heterocycles. The zero-order valence-electron chi connectivity index (χ0n) is 15.8. The predicted octanol–water partition coefficient (Wildman–Crippen LogP) is 3.57. The van der Waals surface area contributed by atoms with E-state index in [1.165, 1.54) is 0 Å². The Labute approximate surface area is 164 Å². The highest BCUT2D eigenvalue weighted by Crippen LogP contribution is 2.43. The van der Waals surface area contributed by atoms with E-state index in [-0.39, 0.29) is 5.92 Å². The van der Waals surface area contributed by atoms with Crippen LogP contribution in [0.2, 0.25) is 0 Å². The molecule has 4 N–H and O–H groups in total. The molecule has 1 aliphatic carbocycles. The van der Waals surface area contributed by atoms with Crippen LogP contribution in [0.25, 0.3) is 0 Å². The Bertz CT molecular complexity index is 797. The normalized spacial score (nSPS) is 24.3. The zero-order valence-corrected chi connectivity index (χ0v) is 15.8. The molecule has 0 aliphatic heterocycles. The lowest BCUT2D eigenvalue weighted by molar-refractivity contribution is -0.106. The molecule has 0 spiro atoms. The molecule has 148 valence electrons. The van der Waals surface area contributed by atoms with E-state index in [4.69, 9.17) is 20.9 Å². The lowest BCUT2D eigenvalue weighted by atomic mass is 9.68. The molecule has 0 heterocycles. The molecule has 6 heteroatoms. The molecule has 2 amide bonds. The molecule has 3 rings (SSSR count). The van der Waals surface area contributed by atoms with E-state index >= 15 is 0 Å². The maximum atomic E-state index is 11.9. The van der Waals surface area contributed by atoms with Crippen molar-refractivity contribution in [2.75, 3.05) is 0 Å². The number of carbonyl (C=O) groups excluding carboxylic acids is 2. The minimum Gasteiger partial charge on any atom is -0.446 e. The second kappa shape index (κ2) is 8.78. The van der Waals surface area contributed by atoms with Gasteiger partial charge in [0.1, 0.15) is 11.7 Å². The number of benzene rings is 2. The molecule has 28 heavy (non-hydrogen) atoms. The van der Waals surface area contributed by atoms with Gasteiger partial charge in [-0.2, -0.15) is 0 Å². The fraction of sp³-hybridized carbons (Fsp3) is 0.364. The topological polar surface area (TPSA) is 105 Å². The van der Waals surface area contributed by atoms with Crippen LogP contribution in [0.1, 0.15) is 30.4 Å². The number of hydrogen-bond donors (Lipinski definition) is 2. The molecule has 0 radical (unpaired) electrons. The largest absolute Gasteiger partial charge is 0.446 e. The monoisotopic (exact) mass is 382 g/mol. The van der Waals surface area contributed by atoms with Crippen molar-refractivity contribution in [2.45, 2.75) is 43.8 Å². The van der Waals surface area contributed by atoms with Gasteiger partial charge >= 0.3 is 12.2 Å². The summed E-state index contributed by atoms with van der Waals surface area (Å²) in [7, 11) is 0. The quantitative estimate of drug-likeness (QED) is 0.797. The standard InChI is InChI=1S/C22H26N2O4/c23-20(25)27-19-12-7-13-22(28-21(24)26,15-17-10-5-2-6-11-17)18(19)14-16-8-3-1-4-9-16/h1-6,8-11,18-19H,7,12-15H2,(H2,23,25)(H2,24,26)/t18?,19-,22+/m1/s1. The highest BCUT2D eigenvalue weighted by Gasteiger charge is 2.50. The van der Waals surface area contributed by atoms with E-state index in [0.29, 0.717) is 25.7 Å². The first-order chi connectivity index (χ1) is 13.5. The highest BCUT2D eigenvalue weighted by molar-refractivity contribution is 5.66. The summed E-state index contributed by atoms with van der Waals surface area (Å²) < 4.78 is 11.2. The Hall–Kier alpha value is -3.02. The first-order valence-electron chi connectivity index (χ1n) is 9.51.